The van der Waals surface area contributed by atoms with Crippen LogP contribution >= 0.6 is 0 Å². The fraction of sp³-hybridized carbons (Fsp3) is 0.125. The van der Waals surface area contributed by atoms with Crippen molar-refractivity contribution in [1.82, 2.24) is 0 Å². The summed E-state index contributed by atoms with van der Waals surface area (Å²) >= 11 is 0. The van der Waals surface area contributed by atoms with Gasteiger partial charge < -0.3 is 0 Å². The molecule has 1 radical (unpaired) electrons. The van der Waals surface area contributed by atoms with Gasteiger partial charge in [0, 0.05) is 6.42 Å². The van der Waals surface area contributed by atoms with E-state index >= 15 is 0 Å². The Morgan fingerprint density at radius 3 is 2.73 bits per heavy atom. The summed E-state index contributed by atoms with van der Waals surface area (Å²) in [4.78, 5) is 9.82. The first-order valence-corrected chi connectivity index (χ1v) is 3.03. The molecule has 1 aromatic rings. The lowest BCUT2D eigenvalue weighted by molar-refractivity contribution is 0.550. The van der Waals surface area contributed by atoms with Crippen molar-refractivity contribution in [2.24, 2.45) is 0 Å². The van der Waals surface area contributed by atoms with Gasteiger partial charge in [-0.05, 0) is 23.8 Å². The van der Waals surface area contributed by atoms with Gasteiger partial charge in [0.05, 0.1) is 0 Å². The zero-order valence-electron chi connectivity index (χ0n) is 5.60. The largest absolute Gasteiger partial charge is 0.291 e. The number of rotatable bonds is 2. The van der Waals surface area contributed by atoms with E-state index in [-0.39, 0.29) is 12.0 Å². The van der Waals surface area contributed by atoms with Gasteiger partial charge in [-0.3, -0.25) is 4.79 Å². The predicted octanol–water partition coefficient (Wildman–Crippen LogP) is 1.62. The number of hydrogen-bond acceptors (Lipinski definition) is 1. The Kier molecular flexibility index (Phi) is 2.31. The molecule has 0 unspecified atom stereocenters. The summed E-state index contributed by atoms with van der Waals surface area (Å²) in [5.74, 6) is -1.12. The van der Waals surface area contributed by atoms with Gasteiger partial charge in [0.2, 0.25) is 6.29 Å². The first-order chi connectivity index (χ1) is 5.24. The Morgan fingerprint density at radius 2 is 2.09 bits per heavy atom. The van der Waals surface area contributed by atoms with Crippen LogP contribution in [0.1, 0.15) is 5.56 Å². The van der Waals surface area contributed by atoms with Crippen molar-refractivity contribution < 1.29 is 13.6 Å². The fourth-order valence-corrected chi connectivity index (χ4v) is 0.757. The normalized spacial score (nSPS) is 9.64. The quantitative estimate of drug-likeness (QED) is 0.634. The van der Waals surface area contributed by atoms with E-state index in [1.54, 1.807) is 0 Å². The molecule has 0 bridgehead atoms. The minimum atomic E-state index is -0.574. The van der Waals surface area contributed by atoms with Crippen molar-refractivity contribution >= 4 is 6.29 Å². The third-order valence-electron chi connectivity index (χ3n) is 1.27. The van der Waals surface area contributed by atoms with Crippen LogP contribution < -0.4 is 0 Å². The molecule has 57 valence electrons. The van der Waals surface area contributed by atoms with E-state index in [2.05, 4.69) is 0 Å². The van der Waals surface area contributed by atoms with E-state index in [1.165, 1.54) is 6.29 Å². The molecule has 1 nitrogen and oxygen atoms in total. The first kappa shape index (κ1) is 7.85. The summed E-state index contributed by atoms with van der Waals surface area (Å²) in [5.41, 5.74) is 0.0417. The molecule has 0 saturated heterocycles. The average molecular weight is 155 g/mol. The summed E-state index contributed by atoms with van der Waals surface area (Å²) in [6.45, 7) is 0. The molecule has 0 heterocycles. The van der Waals surface area contributed by atoms with Gasteiger partial charge in [-0.25, -0.2) is 8.78 Å². The summed E-state index contributed by atoms with van der Waals surface area (Å²) in [5, 5.41) is 0. The van der Waals surface area contributed by atoms with Crippen LogP contribution in [0.4, 0.5) is 8.78 Å². The average Bonchev–Trinajstić information content (AvgIpc) is 1.98. The molecule has 0 spiro atoms. The molecule has 0 amide bonds. The highest BCUT2D eigenvalue weighted by Gasteiger charge is 2.02. The zero-order valence-corrected chi connectivity index (χ0v) is 5.60. The van der Waals surface area contributed by atoms with Gasteiger partial charge in [-0.1, -0.05) is 0 Å². The minimum absolute atomic E-state index is 0.0417. The van der Waals surface area contributed by atoms with Crippen LogP contribution in [-0.2, 0) is 11.2 Å². The fourth-order valence-electron chi connectivity index (χ4n) is 0.757. The zero-order chi connectivity index (χ0) is 8.27. The molecule has 11 heavy (non-hydrogen) atoms. The minimum Gasteiger partial charge on any atom is -0.291 e. The molecule has 0 N–H and O–H groups in total. The number of benzene rings is 1. The van der Waals surface area contributed by atoms with Crippen molar-refractivity contribution in [2.45, 2.75) is 6.42 Å². The van der Waals surface area contributed by atoms with Gasteiger partial charge in [-0.2, -0.15) is 0 Å². The van der Waals surface area contributed by atoms with E-state index in [1.807, 2.05) is 0 Å². The van der Waals surface area contributed by atoms with Crippen molar-refractivity contribution in [2.75, 3.05) is 0 Å². The van der Waals surface area contributed by atoms with Crippen LogP contribution in [0.25, 0.3) is 0 Å². The lowest BCUT2D eigenvalue weighted by atomic mass is 10.1. The Labute approximate surface area is 62.7 Å². The second kappa shape index (κ2) is 3.23. The van der Waals surface area contributed by atoms with Gasteiger partial charge in [0.1, 0.15) is 11.6 Å². The molecule has 0 aliphatic rings. The third kappa shape index (κ3) is 1.83. The summed E-state index contributed by atoms with van der Waals surface area (Å²) in [6, 6.07) is 2.98. The van der Waals surface area contributed by atoms with Crippen molar-refractivity contribution in [3.05, 3.63) is 35.4 Å². The van der Waals surface area contributed by atoms with E-state index < -0.39 is 11.6 Å². The highest BCUT2D eigenvalue weighted by Crippen LogP contribution is 2.08. The molecule has 0 atom stereocenters. The molecule has 1 rings (SSSR count). The van der Waals surface area contributed by atoms with Gasteiger partial charge in [0.15, 0.2) is 0 Å². The molecule has 0 aliphatic heterocycles. The van der Waals surface area contributed by atoms with Crippen molar-refractivity contribution in [3.8, 4) is 0 Å². The summed E-state index contributed by atoms with van der Waals surface area (Å²) < 4.78 is 25.0. The Balaban J connectivity index is 3.01. The maximum atomic E-state index is 12.6. The number of halogens is 2. The third-order valence-corrected chi connectivity index (χ3v) is 1.27. The number of hydrogen-bond donors (Lipinski definition) is 0. The van der Waals surface area contributed by atoms with Gasteiger partial charge >= 0.3 is 0 Å². The molecule has 0 aliphatic carbocycles. The Hall–Kier alpha value is -1.25. The summed E-state index contributed by atoms with van der Waals surface area (Å²) in [7, 11) is 0. The lowest BCUT2D eigenvalue weighted by Gasteiger charge is -1.96. The first-order valence-electron chi connectivity index (χ1n) is 3.03. The van der Waals surface area contributed by atoms with Crippen LogP contribution in [0.2, 0.25) is 0 Å². The molecule has 1 aromatic carbocycles. The van der Waals surface area contributed by atoms with Crippen LogP contribution in [0, 0.1) is 11.6 Å². The topological polar surface area (TPSA) is 17.1 Å². The maximum absolute atomic E-state index is 12.6. The second-order valence-electron chi connectivity index (χ2n) is 2.06. The Morgan fingerprint density at radius 1 is 1.36 bits per heavy atom. The molecular weight excluding hydrogens is 150 g/mol. The summed E-state index contributed by atoms with van der Waals surface area (Å²) in [6.07, 6.45) is 1.29. The van der Waals surface area contributed by atoms with Crippen molar-refractivity contribution in [3.63, 3.8) is 0 Å². The molecule has 0 saturated carbocycles. The molecule has 3 heteroatoms. The SMILES string of the molecule is O=[C]Cc1cc(F)ccc1F. The van der Waals surface area contributed by atoms with E-state index in [0.717, 1.165) is 18.2 Å². The van der Waals surface area contributed by atoms with Crippen LogP contribution in [0.15, 0.2) is 18.2 Å². The smallest absolute Gasteiger partial charge is 0.203 e. The molecular formula is C8H5F2O. The van der Waals surface area contributed by atoms with Crippen LogP contribution in [0.5, 0.6) is 0 Å². The predicted molar refractivity (Wildman–Crippen MR) is 35.8 cm³/mol. The van der Waals surface area contributed by atoms with E-state index in [0.29, 0.717) is 0 Å². The van der Waals surface area contributed by atoms with Gasteiger partial charge in [-0.15, -0.1) is 0 Å². The maximum Gasteiger partial charge on any atom is 0.203 e. The second-order valence-corrected chi connectivity index (χ2v) is 2.06. The molecule has 0 fully saturated rings. The highest BCUT2D eigenvalue weighted by molar-refractivity contribution is 5.55. The lowest BCUT2D eigenvalue weighted by Crippen LogP contribution is -1.91. The monoisotopic (exact) mass is 155 g/mol. The molecule has 0 aromatic heterocycles. The van der Waals surface area contributed by atoms with Crippen molar-refractivity contribution in [1.29, 1.82) is 0 Å². The standard InChI is InChI=1S/C8H5F2O/c9-7-1-2-8(10)6(5-7)3-4-11/h1-2,5H,3H2. The van der Waals surface area contributed by atoms with E-state index in [9.17, 15) is 13.6 Å². The van der Waals surface area contributed by atoms with Crippen LogP contribution in [-0.4, -0.2) is 6.29 Å². The Bertz CT molecular complexity index is 271. The van der Waals surface area contributed by atoms with Gasteiger partial charge in [0.25, 0.3) is 0 Å². The number of carbonyl (C=O) groups excluding carboxylic acids is 1. The van der Waals surface area contributed by atoms with Crippen LogP contribution in [0.3, 0.4) is 0 Å². The van der Waals surface area contributed by atoms with E-state index in [4.69, 9.17) is 0 Å². The highest BCUT2D eigenvalue weighted by atomic mass is 19.1.